The maximum absolute atomic E-state index is 11.5. The van der Waals surface area contributed by atoms with E-state index in [0.717, 1.165) is 45.6 Å². The predicted molar refractivity (Wildman–Crippen MR) is 56.8 cm³/mol. The van der Waals surface area contributed by atoms with E-state index in [0.29, 0.717) is 6.61 Å². The fourth-order valence-corrected chi connectivity index (χ4v) is 1.99. The lowest BCUT2D eigenvalue weighted by atomic mass is 10.2. The molecule has 2 aliphatic heterocycles. The van der Waals surface area contributed by atoms with E-state index in [1.165, 1.54) is 0 Å². The third-order valence-electron chi connectivity index (χ3n) is 2.90. The van der Waals surface area contributed by atoms with Crippen molar-refractivity contribution < 1.29 is 9.53 Å². The predicted octanol–water partition coefficient (Wildman–Crippen LogP) is -0.220. The molecule has 2 N–H and O–H groups in total. The molecule has 0 radical (unpaired) electrons. The lowest BCUT2D eigenvalue weighted by molar-refractivity contribution is 0.0982. The number of hydrogen-bond donors (Lipinski definition) is 2. The zero-order valence-corrected chi connectivity index (χ0v) is 9.00. The summed E-state index contributed by atoms with van der Waals surface area (Å²) in [6.07, 6.45) is 2.07. The van der Waals surface area contributed by atoms with E-state index in [-0.39, 0.29) is 12.1 Å². The Labute approximate surface area is 90.1 Å². The first-order valence-corrected chi connectivity index (χ1v) is 5.72. The molecule has 5 nitrogen and oxygen atoms in total. The lowest BCUT2D eigenvalue weighted by Crippen LogP contribution is -2.51. The van der Waals surface area contributed by atoms with Gasteiger partial charge in [0, 0.05) is 32.7 Å². The van der Waals surface area contributed by atoms with Crippen LogP contribution in [0.25, 0.3) is 0 Å². The van der Waals surface area contributed by atoms with Crippen LogP contribution in [0.1, 0.15) is 12.8 Å². The highest BCUT2D eigenvalue weighted by Crippen LogP contribution is 2.08. The molecule has 0 saturated carbocycles. The van der Waals surface area contributed by atoms with E-state index in [9.17, 15) is 4.79 Å². The standard InChI is InChI=1S/C10H19N3O2/c14-10(13-5-1-2-6-13)15-8-9-7-11-3-4-12-9/h9,11-12H,1-8H2. The van der Waals surface area contributed by atoms with Crippen molar-refractivity contribution in [2.75, 3.05) is 39.3 Å². The molecular formula is C10H19N3O2. The monoisotopic (exact) mass is 213 g/mol. The lowest BCUT2D eigenvalue weighted by Gasteiger charge is -2.25. The minimum atomic E-state index is -0.153. The Morgan fingerprint density at radius 3 is 2.80 bits per heavy atom. The van der Waals surface area contributed by atoms with Gasteiger partial charge in [0.25, 0.3) is 0 Å². The largest absolute Gasteiger partial charge is 0.448 e. The number of hydrogen-bond acceptors (Lipinski definition) is 4. The Balaban J connectivity index is 1.65. The molecule has 5 heteroatoms. The Bertz CT molecular complexity index is 211. The molecule has 0 aliphatic carbocycles. The van der Waals surface area contributed by atoms with Crippen molar-refractivity contribution in [3.05, 3.63) is 0 Å². The average molecular weight is 213 g/mol. The first kappa shape index (κ1) is 10.7. The van der Waals surface area contributed by atoms with Gasteiger partial charge in [-0.3, -0.25) is 0 Å². The molecule has 15 heavy (non-hydrogen) atoms. The second-order valence-electron chi connectivity index (χ2n) is 4.13. The third kappa shape index (κ3) is 3.07. The molecule has 2 fully saturated rings. The minimum absolute atomic E-state index is 0.153. The average Bonchev–Trinajstić information content (AvgIpc) is 2.81. The zero-order valence-electron chi connectivity index (χ0n) is 9.00. The number of nitrogens with one attached hydrogen (secondary N) is 2. The fourth-order valence-electron chi connectivity index (χ4n) is 1.99. The Hall–Kier alpha value is -0.810. The summed E-state index contributed by atoms with van der Waals surface area (Å²) < 4.78 is 5.25. The number of carbonyl (C=O) groups is 1. The molecule has 0 aromatic rings. The minimum Gasteiger partial charge on any atom is -0.448 e. The molecule has 2 heterocycles. The van der Waals surface area contributed by atoms with Gasteiger partial charge in [-0.25, -0.2) is 4.79 Å². The first-order valence-electron chi connectivity index (χ1n) is 5.72. The fraction of sp³-hybridized carbons (Fsp3) is 0.900. The topological polar surface area (TPSA) is 53.6 Å². The van der Waals surface area contributed by atoms with E-state index in [1.54, 1.807) is 4.90 Å². The van der Waals surface area contributed by atoms with Crippen molar-refractivity contribution in [2.24, 2.45) is 0 Å². The number of nitrogens with zero attached hydrogens (tertiary/aromatic N) is 1. The molecule has 1 unspecified atom stereocenters. The second-order valence-corrected chi connectivity index (χ2v) is 4.13. The maximum atomic E-state index is 11.5. The van der Waals surface area contributed by atoms with Crippen molar-refractivity contribution in [3.63, 3.8) is 0 Å². The smallest absolute Gasteiger partial charge is 0.409 e. The summed E-state index contributed by atoms with van der Waals surface area (Å²) in [7, 11) is 0. The summed E-state index contributed by atoms with van der Waals surface area (Å²) in [4.78, 5) is 13.3. The van der Waals surface area contributed by atoms with E-state index in [2.05, 4.69) is 10.6 Å². The maximum Gasteiger partial charge on any atom is 0.409 e. The highest BCUT2D eigenvalue weighted by molar-refractivity contribution is 5.67. The van der Waals surface area contributed by atoms with Crippen LogP contribution in [0.2, 0.25) is 0 Å². The van der Waals surface area contributed by atoms with Crippen LogP contribution in [-0.4, -0.2) is 56.4 Å². The van der Waals surface area contributed by atoms with Gasteiger partial charge >= 0.3 is 6.09 Å². The number of amides is 1. The Morgan fingerprint density at radius 1 is 1.33 bits per heavy atom. The molecule has 86 valence electrons. The summed E-state index contributed by atoms with van der Waals surface area (Å²) in [5, 5.41) is 6.57. The number of carbonyl (C=O) groups excluding carboxylic acids is 1. The van der Waals surface area contributed by atoms with Gasteiger partial charge in [0.1, 0.15) is 6.61 Å². The summed E-state index contributed by atoms with van der Waals surface area (Å²) in [6.45, 7) is 5.02. The molecule has 1 atom stereocenters. The van der Waals surface area contributed by atoms with Crippen LogP contribution in [0.3, 0.4) is 0 Å². The summed E-state index contributed by atoms with van der Waals surface area (Å²) in [6, 6.07) is 0.269. The summed E-state index contributed by atoms with van der Waals surface area (Å²) in [5.74, 6) is 0. The third-order valence-corrected chi connectivity index (χ3v) is 2.90. The second kappa shape index (κ2) is 5.32. The Kier molecular flexibility index (Phi) is 3.80. The molecule has 2 aliphatic rings. The molecule has 0 aromatic carbocycles. The van der Waals surface area contributed by atoms with Gasteiger partial charge in [-0.2, -0.15) is 0 Å². The van der Waals surface area contributed by atoms with Gasteiger partial charge in [0.15, 0.2) is 0 Å². The molecule has 2 saturated heterocycles. The van der Waals surface area contributed by atoms with Gasteiger partial charge in [0.05, 0.1) is 6.04 Å². The molecule has 1 amide bonds. The summed E-state index contributed by atoms with van der Waals surface area (Å²) in [5.41, 5.74) is 0. The van der Waals surface area contributed by atoms with Gasteiger partial charge in [-0.05, 0) is 12.8 Å². The van der Waals surface area contributed by atoms with Crippen LogP contribution in [-0.2, 0) is 4.74 Å². The molecular weight excluding hydrogens is 194 g/mol. The van der Waals surface area contributed by atoms with Gasteiger partial charge < -0.3 is 20.3 Å². The number of likely N-dealkylation sites (tertiary alicyclic amines) is 1. The van der Waals surface area contributed by atoms with Crippen LogP contribution in [0.5, 0.6) is 0 Å². The molecule has 2 rings (SSSR count). The van der Waals surface area contributed by atoms with E-state index >= 15 is 0 Å². The summed E-state index contributed by atoms with van der Waals surface area (Å²) >= 11 is 0. The van der Waals surface area contributed by atoms with Crippen molar-refractivity contribution in [1.82, 2.24) is 15.5 Å². The van der Waals surface area contributed by atoms with Crippen molar-refractivity contribution >= 4 is 6.09 Å². The Morgan fingerprint density at radius 2 is 2.13 bits per heavy atom. The highest BCUT2D eigenvalue weighted by Gasteiger charge is 2.21. The first-order chi connectivity index (χ1) is 7.36. The number of piperazine rings is 1. The van der Waals surface area contributed by atoms with Gasteiger partial charge in [-0.15, -0.1) is 0 Å². The number of rotatable bonds is 2. The normalized spacial score (nSPS) is 26.7. The van der Waals surface area contributed by atoms with E-state index in [1.807, 2.05) is 0 Å². The van der Waals surface area contributed by atoms with E-state index in [4.69, 9.17) is 4.74 Å². The van der Waals surface area contributed by atoms with Crippen LogP contribution in [0, 0.1) is 0 Å². The quantitative estimate of drug-likeness (QED) is 0.666. The van der Waals surface area contributed by atoms with Crippen LogP contribution in [0.4, 0.5) is 4.79 Å². The van der Waals surface area contributed by atoms with Crippen LogP contribution < -0.4 is 10.6 Å². The van der Waals surface area contributed by atoms with Crippen molar-refractivity contribution in [1.29, 1.82) is 0 Å². The molecule has 0 bridgehead atoms. The SMILES string of the molecule is O=C(OCC1CNCCN1)N1CCCC1. The van der Waals surface area contributed by atoms with Gasteiger partial charge in [0.2, 0.25) is 0 Å². The van der Waals surface area contributed by atoms with Crippen molar-refractivity contribution in [3.8, 4) is 0 Å². The van der Waals surface area contributed by atoms with Gasteiger partial charge in [-0.1, -0.05) is 0 Å². The molecule has 0 aromatic heterocycles. The van der Waals surface area contributed by atoms with E-state index < -0.39 is 0 Å². The highest BCUT2D eigenvalue weighted by atomic mass is 16.6. The van der Waals surface area contributed by atoms with Crippen molar-refractivity contribution in [2.45, 2.75) is 18.9 Å². The van der Waals surface area contributed by atoms with Crippen LogP contribution in [0.15, 0.2) is 0 Å². The number of ether oxygens (including phenoxy) is 1. The molecule has 0 spiro atoms. The zero-order chi connectivity index (χ0) is 10.5. The van der Waals surface area contributed by atoms with Crippen LogP contribution >= 0.6 is 0 Å².